The molecule has 0 aromatic heterocycles. The largest absolute Gasteiger partial charge is 0.356 e. The minimum atomic E-state index is 0.134. The molecular weight excluding hydrogens is 278 g/mol. The van der Waals surface area contributed by atoms with E-state index in [0.29, 0.717) is 18.9 Å². The lowest BCUT2D eigenvalue weighted by Gasteiger charge is -2.26. The molecule has 0 aromatic rings. The highest BCUT2D eigenvalue weighted by Gasteiger charge is 2.08. The number of nitrogens with zero attached hydrogens (tertiary/aromatic N) is 1. The lowest BCUT2D eigenvalue weighted by Crippen LogP contribution is -2.34. The first kappa shape index (κ1) is 20.9. The lowest BCUT2D eigenvalue weighted by molar-refractivity contribution is -0.121. The van der Waals surface area contributed by atoms with Crippen molar-refractivity contribution < 1.29 is 9.59 Å². The molecule has 0 saturated heterocycles. The standard InChI is InChI=1S/C17H35N3O2/c1-5-16(21)18-11-7-9-13-20(15(3)4)14-10-8-12-19-17(22)6-2/h15H,5-14H2,1-4H3,(H,18,21)(H,19,22). The SMILES string of the molecule is CCC(=O)NCCCCN(CCCCNC(=O)CC)C(C)C. The first-order chi connectivity index (χ1) is 10.5. The molecule has 0 aromatic carbocycles. The molecule has 0 spiro atoms. The van der Waals surface area contributed by atoms with Gasteiger partial charge in [0.1, 0.15) is 0 Å². The van der Waals surface area contributed by atoms with E-state index in [-0.39, 0.29) is 11.8 Å². The molecule has 0 saturated carbocycles. The number of carbonyl (C=O) groups is 2. The molecule has 2 amide bonds. The van der Waals surface area contributed by atoms with E-state index >= 15 is 0 Å². The van der Waals surface area contributed by atoms with Crippen molar-refractivity contribution in [1.29, 1.82) is 0 Å². The van der Waals surface area contributed by atoms with Crippen molar-refractivity contribution in [2.24, 2.45) is 0 Å². The first-order valence-electron chi connectivity index (χ1n) is 8.78. The molecule has 0 atom stereocenters. The molecule has 5 nitrogen and oxygen atoms in total. The Kier molecular flexibility index (Phi) is 12.9. The summed E-state index contributed by atoms with van der Waals surface area (Å²) in [4.78, 5) is 24.8. The molecular formula is C17H35N3O2. The minimum Gasteiger partial charge on any atom is -0.356 e. The van der Waals surface area contributed by atoms with Gasteiger partial charge in [-0.15, -0.1) is 0 Å². The van der Waals surface area contributed by atoms with Gasteiger partial charge in [-0.3, -0.25) is 9.59 Å². The van der Waals surface area contributed by atoms with Crippen molar-refractivity contribution in [3.8, 4) is 0 Å². The number of hydrogen-bond acceptors (Lipinski definition) is 3. The van der Waals surface area contributed by atoms with Gasteiger partial charge in [-0.25, -0.2) is 0 Å². The molecule has 0 unspecified atom stereocenters. The molecule has 2 N–H and O–H groups in total. The fourth-order valence-electron chi connectivity index (χ4n) is 2.21. The summed E-state index contributed by atoms with van der Waals surface area (Å²) >= 11 is 0. The second kappa shape index (κ2) is 13.6. The van der Waals surface area contributed by atoms with Crippen LogP contribution >= 0.6 is 0 Å². The summed E-state index contributed by atoms with van der Waals surface area (Å²) in [5.74, 6) is 0.268. The number of rotatable bonds is 13. The summed E-state index contributed by atoms with van der Waals surface area (Å²) in [5, 5.41) is 5.83. The molecule has 0 radical (unpaired) electrons. The highest BCUT2D eigenvalue weighted by atomic mass is 16.2. The van der Waals surface area contributed by atoms with Gasteiger partial charge >= 0.3 is 0 Å². The van der Waals surface area contributed by atoms with Crippen LogP contribution in [0.3, 0.4) is 0 Å². The second-order valence-corrected chi connectivity index (χ2v) is 5.95. The second-order valence-electron chi connectivity index (χ2n) is 5.95. The van der Waals surface area contributed by atoms with Gasteiger partial charge in [0.25, 0.3) is 0 Å². The van der Waals surface area contributed by atoms with Crippen molar-refractivity contribution in [3.05, 3.63) is 0 Å². The number of amides is 2. The van der Waals surface area contributed by atoms with Gasteiger partial charge < -0.3 is 15.5 Å². The summed E-state index contributed by atoms with van der Waals surface area (Å²) in [6, 6.07) is 0.537. The summed E-state index contributed by atoms with van der Waals surface area (Å²) < 4.78 is 0. The molecule has 0 aliphatic heterocycles. The molecule has 0 rings (SSSR count). The number of nitrogens with one attached hydrogen (secondary N) is 2. The Labute approximate surface area is 136 Å². The van der Waals surface area contributed by atoms with E-state index in [1.54, 1.807) is 0 Å². The lowest BCUT2D eigenvalue weighted by atomic mass is 10.2. The Morgan fingerprint density at radius 2 is 1.23 bits per heavy atom. The topological polar surface area (TPSA) is 61.4 Å². The Morgan fingerprint density at radius 1 is 0.818 bits per heavy atom. The number of unbranched alkanes of at least 4 members (excludes halogenated alkanes) is 2. The van der Waals surface area contributed by atoms with E-state index in [1.807, 2.05) is 13.8 Å². The van der Waals surface area contributed by atoms with Crippen LogP contribution in [0, 0.1) is 0 Å². The smallest absolute Gasteiger partial charge is 0.219 e. The summed E-state index contributed by atoms with van der Waals surface area (Å²) in [7, 11) is 0. The predicted molar refractivity (Wildman–Crippen MR) is 91.8 cm³/mol. The van der Waals surface area contributed by atoms with Crippen LogP contribution < -0.4 is 10.6 Å². The van der Waals surface area contributed by atoms with E-state index in [2.05, 4.69) is 29.4 Å². The average Bonchev–Trinajstić information content (AvgIpc) is 2.51. The van der Waals surface area contributed by atoms with Gasteiger partial charge in [0.2, 0.25) is 11.8 Å². The van der Waals surface area contributed by atoms with E-state index in [9.17, 15) is 9.59 Å². The van der Waals surface area contributed by atoms with Gasteiger partial charge in [0.05, 0.1) is 0 Å². The van der Waals surface area contributed by atoms with Crippen molar-refractivity contribution in [2.45, 2.75) is 72.3 Å². The zero-order valence-corrected chi connectivity index (χ0v) is 14.9. The zero-order chi connectivity index (χ0) is 16.8. The van der Waals surface area contributed by atoms with Crippen LogP contribution in [-0.2, 0) is 9.59 Å². The van der Waals surface area contributed by atoms with E-state index < -0.39 is 0 Å². The monoisotopic (exact) mass is 313 g/mol. The molecule has 0 fully saturated rings. The molecule has 0 heterocycles. The fourth-order valence-corrected chi connectivity index (χ4v) is 2.21. The van der Waals surface area contributed by atoms with E-state index in [4.69, 9.17) is 0 Å². The van der Waals surface area contributed by atoms with Gasteiger partial charge in [0, 0.05) is 32.0 Å². The number of hydrogen-bond donors (Lipinski definition) is 2. The van der Waals surface area contributed by atoms with Crippen LogP contribution in [0.2, 0.25) is 0 Å². The maximum Gasteiger partial charge on any atom is 0.219 e. The summed E-state index contributed by atoms with van der Waals surface area (Å²) in [5.41, 5.74) is 0. The minimum absolute atomic E-state index is 0.134. The van der Waals surface area contributed by atoms with Gasteiger partial charge in [-0.1, -0.05) is 13.8 Å². The van der Waals surface area contributed by atoms with Crippen molar-refractivity contribution >= 4 is 11.8 Å². The van der Waals surface area contributed by atoms with Crippen molar-refractivity contribution in [1.82, 2.24) is 15.5 Å². The van der Waals surface area contributed by atoms with Crippen LogP contribution in [0.5, 0.6) is 0 Å². The molecule has 130 valence electrons. The van der Waals surface area contributed by atoms with Crippen LogP contribution in [0.4, 0.5) is 0 Å². The van der Waals surface area contributed by atoms with Crippen LogP contribution in [0.25, 0.3) is 0 Å². The molecule has 0 aliphatic rings. The van der Waals surface area contributed by atoms with Crippen LogP contribution in [-0.4, -0.2) is 48.9 Å². The average molecular weight is 313 g/mol. The third-order valence-electron chi connectivity index (χ3n) is 3.76. The van der Waals surface area contributed by atoms with E-state index in [0.717, 1.165) is 51.9 Å². The van der Waals surface area contributed by atoms with Crippen molar-refractivity contribution in [3.63, 3.8) is 0 Å². The molecule has 0 bridgehead atoms. The molecule has 22 heavy (non-hydrogen) atoms. The third kappa shape index (κ3) is 11.5. The summed E-state index contributed by atoms with van der Waals surface area (Å²) in [6.45, 7) is 11.9. The highest BCUT2D eigenvalue weighted by Crippen LogP contribution is 2.04. The quantitative estimate of drug-likeness (QED) is 0.513. The fraction of sp³-hybridized carbons (Fsp3) is 0.882. The van der Waals surface area contributed by atoms with Gasteiger partial charge in [0.15, 0.2) is 0 Å². The Bertz CT molecular complexity index is 280. The maximum absolute atomic E-state index is 11.1. The van der Waals surface area contributed by atoms with Gasteiger partial charge in [-0.05, 0) is 52.6 Å². The Balaban J connectivity index is 3.69. The van der Waals surface area contributed by atoms with E-state index in [1.165, 1.54) is 0 Å². The Morgan fingerprint density at radius 3 is 1.55 bits per heavy atom. The first-order valence-corrected chi connectivity index (χ1v) is 8.78. The van der Waals surface area contributed by atoms with Crippen molar-refractivity contribution in [2.75, 3.05) is 26.2 Å². The highest BCUT2D eigenvalue weighted by molar-refractivity contribution is 5.75. The third-order valence-corrected chi connectivity index (χ3v) is 3.76. The molecule has 0 aliphatic carbocycles. The Hall–Kier alpha value is -1.10. The van der Waals surface area contributed by atoms with Gasteiger partial charge in [-0.2, -0.15) is 0 Å². The normalized spacial score (nSPS) is 11.0. The predicted octanol–water partition coefficient (Wildman–Crippen LogP) is 2.31. The summed E-state index contributed by atoms with van der Waals surface area (Å²) in [6.07, 6.45) is 5.39. The van der Waals surface area contributed by atoms with Crippen LogP contribution in [0.1, 0.15) is 66.2 Å². The number of carbonyl (C=O) groups excluding carboxylic acids is 2. The zero-order valence-electron chi connectivity index (χ0n) is 14.9. The maximum atomic E-state index is 11.1. The van der Waals surface area contributed by atoms with Crippen LogP contribution in [0.15, 0.2) is 0 Å². The molecule has 5 heteroatoms.